The molecule has 0 saturated carbocycles. The van der Waals surface area contributed by atoms with Gasteiger partial charge in [0.25, 0.3) is 0 Å². The van der Waals surface area contributed by atoms with Crippen LogP contribution in [0.1, 0.15) is 16.8 Å². The molecule has 0 aliphatic rings. The van der Waals surface area contributed by atoms with Crippen LogP contribution >= 0.6 is 11.8 Å². The van der Waals surface area contributed by atoms with E-state index in [1.54, 1.807) is 37.1 Å². The van der Waals surface area contributed by atoms with Crippen molar-refractivity contribution in [3.63, 3.8) is 0 Å². The fourth-order valence-electron chi connectivity index (χ4n) is 1.36. The summed E-state index contributed by atoms with van der Waals surface area (Å²) in [5.41, 5.74) is 7.00. The lowest BCUT2D eigenvalue weighted by atomic mass is 10.2. The zero-order valence-electron chi connectivity index (χ0n) is 10.1. The van der Waals surface area contributed by atoms with E-state index >= 15 is 0 Å². The molecule has 0 bridgehead atoms. The highest BCUT2D eigenvalue weighted by atomic mass is 32.2. The number of anilines is 1. The van der Waals surface area contributed by atoms with Crippen molar-refractivity contribution in [2.24, 2.45) is 0 Å². The first kappa shape index (κ1) is 13.9. The number of rotatable bonds is 6. The number of carbonyl (C=O) groups is 1. The standard InChI is InChI=1S/C12H17NO3S/c1-15-7-4-8-17-11-9(12(14)16-2)5-3-6-10(11)13/h3,5-6H,4,7-8,13H2,1-2H3. The molecular weight excluding hydrogens is 238 g/mol. The summed E-state index contributed by atoms with van der Waals surface area (Å²) >= 11 is 1.55. The fourth-order valence-corrected chi connectivity index (χ4v) is 2.37. The second-order valence-electron chi connectivity index (χ2n) is 3.41. The van der Waals surface area contributed by atoms with E-state index in [0.29, 0.717) is 17.9 Å². The summed E-state index contributed by atoms with van der Waals surface area (Å²) < 4.78 is 9.70. The third kappa shape index (κ3) is 3.94. The minimum absolute atomic E-state index is 0.355. The second-order valence-corrected chi connectivity index (χ2v) is 4.52. The maximum atomic E-state index is 11.6. The van der Waals surface area contributed by atoms with Crippen molar-refractivity contribution in [3.05, 3.63) is 23.8 Å². The van der Waals surface area contributed by atoms with Crippen molar-refractivity contribution in [2.75, 3.05) is 32.3 Å². The van der Waals surface area contributed by atoms with Gasteiger partial charge in [0.05, 0.1) is 12.7 Å². The van der Waals surface area contributed by atoms with Crippen LogP contribution in [0.25, 0.3) is 0 Å². The minimum atomic E-state index is -0.355. The molecule has 5 heteroatoms. The molecule has 0 aliphatic heterocycles. The van der Waals surface area contributed by atoms with Gasteiger partial charge in [-0.15, -0.1) is 11.8 Å². The third-order valence-electron chi connectivity index (χ3n) is 2.19. The van der Waals surface area contributed by atoms with E-state index in [-0.39, 0.29) is 5.97 Å². The Morgan fingerprint density at radius 3 is 2.82 bits per heavy atom. The molecule has 1 rings (SSSR count). The van der Waals surface area contributed by atoms with Crippen molar-refractivity contribution in [1.29, 1.82) is 0 Å². The van der Waals surface area contributed by atoms with Crippen molar-refractivity contribution < 1.29 is 14.3 Å². The van der Waals surface area contributed by atoms with Gasteiger partial charge in [-0.1, -0.05) is 6.07 Å². The molecular formula is C12H17NO3S. The first-order valence-electron chi connectivity index (χ1n) is 5.29. The van der Waals surface area contributed by atoms with Gasteiger partial charge in [-0.05, 0) is 18.6 Å². The Hall–Kier alpha value is -1.20. The topological polar surface area (TPSA) is 61.5 Å². The number of methoxy groups -OCH3 is 2. The Bertz CT molecular complexity index is 382. The smallest absolute Gasteiger partial charge is 0.339 e. The molecule has 4 nitrogen and oxygen atoms in total. The highest BCUT2D eigenvalue weighted by Gasteiger charge is 2.14. The van der Waals surface area contributed by atoms with E-state index in [2.05, 4.69) is 0 Å². The first-order valence-corrected chi connectivity index (χ1v) is 6.27. The number of thioether (sulfide) groups is 1. The van der Waals surface area contributed by atoms with Crippen molar-refractivity contribution in [3.8, 4) is 0 Å². The van der Waals surface area contributed by atoms with Crippen LogP contribution in [0.5, 0.6) is 0 Å². The average Bonchev–Trinajstić information content (AvgIpc) is 2.35. The molecule has 1 aromatic carbocycles. The molecule has 0 radical (unpaired) electrons. The van der Waals surface area contributed by atoms with Crippen LogP contribution in [0.4, 0.5) is 5.69 Å². The summed E-state index contributed by atoms with van der Waals surface area (Å²) in [5, 5.41) is 0. The summed E-state index contributed by atoms with van der Waals surface area (Å²) in [4.78, 5) is 12.3. The fraction of sp³-hybridized carbons (Fsp3) is 0.417. The van der Waals surface area contributed by atoms with Crippen LogP contribution < -0.4 is 5.73 Å². The van der Waals surface area contributed by atoms with Gasteiger partial charge < -0.3 is 15.2 Å². The number of hydrogen-bond donors (Lipinski definition) is 1. The number of nitrogens with two attached hydrogens (primary N) is 1. The Balaban J connectivity index is 2.77. The van der Waals surface area contributed by atoms with Crippen molar-refractivity contribution >= 4 is 23.4 Å². The largest absolute Gasteiger partial charge is 0.465 e. The molecule has 17 heavy (non-hydrogen) atoms. The quantitative estimate of drug-likeness (QED) is 0.365. The van der Waals surface area contributed by atoms with Gasteiger partial charge in [-0.3, -0.25) is 0 Å². The number of benzene rings is 1. The summed E-state index contributed by atoms with van der Waals surface area (Å²) in [6, 6.07) is 5.26. The summed E-state index contributed by atoms with van der Waals surface area (Å²) in [7, 11) is 3.03. The molecule has 0 atom stereocenters. The summed E-state index contributed by atoms with van der Waals surface area (Å²) in [5.74, 6) is 0.498. The predicted octanol–water partition coefficient (Wildman–Crippen LogP) is 2.18. The Kier molecular flexibility index (Phi) is 5.86. The van der Waals surface area contributed by atoms with E-state index in [4.69, 9.17) is 15.2 Å². The number of carbonyl (C=O) groups excluding carboxylic acids is 1. The Morgan fingerprint density at radius 2 is 2.18 bits per heavy atom. The lowest BCUT2D eigenvalue weighted by Gasteiger charge is -2.10. The minimum Gasteiger partial charge on any atom is -0.465 e. The van der Waals surface area contributed by atoms with E-state index < -0.39 is 0 Å². The highest BCUT2D eigenvalue weighted by Crippen LogP contribution is 2.29. The molecule has 0 fully saturated rings. The maximum Gasteiger partial charge on any atom is 0.339 e. The van der Waals surface area contributed by atoms with E-state index in [1.165, 1.54) is 7.11 Å². The summed E-state index contributed by atoms with van der Waals surface area (Å²) in [6.07, 6.45) is 0.913. The molecule has 0 aliphatic carbocycles. The normalized spacial score (nSPS) is 10.2. The molecule has 94 valence electrons. The molecule has 0 unspecified atom stereocenters. The second kappa shape index (κ2) is 7.19. The van der Waals surface area contributed by atoms with Crippen LogP contribution in [0.15, 0.2) is 23.1 Å². The van der Waals surface area contributed by atoms with E-state index in [1.807, 2.05) is 0 Å². The molecule has 0 spiro atoms. The van der Waals surface area contributed by atoms with Crippen LogP contribution in [0, 0.1) is 0 Å². The molecule has 0 saturated heterocycles. The zero-order chi connectivity index (χ0) is 12.7. The first-order chi connectivity index (χ1) is 8.20. The lowest BCUT2D eigenvalue weighted by molar-refractivity contribution is 0.0597. The number of hydrogen-bond acceptors (Lipinski definition) is 5. The van der Waals surface area contributed by atoms with Gasteiger partial charge in [-0.25, -0.2) is 4.79 Å². The van der Waals surface area contributed by atoms with Gasteiger partial charge >= 0.3 is 5.97 Å². The van der Waals surface area contributed by atoms with Crippen LogP contribution in [0.2, 0.25) is 0 Å². The molecule has 0 heterocycles. The third-order valence-corrected chi connectivity index (χ3v) is 3.43. The average molecular weight is 255 g/mol. The zero-order valence-corrected chi connectivity index (χ0v) is 10.9. The summed E-state index contributed by atoms with van der Waals surface area (Å²) in [6.45, 7) is 0.702. The van der Waals surface area contributed by atoms with E-state index in [9.17, 15) is 4.79 Å². The van der Waals surface area contributed by atoms with Crippen molar-refractivity contribution in [2.45, 2.75) is 11.3 Å². The number of esters is 1. The van der Waals surface area contributed by atoms with Gasteiger partial charge in [0, 0.05) is 30.1 Å². The number of ether oxygens (including phenoxy) is 2. The molecule has 0 aromatic heterocycles. The predicted molar refractivity (Wildman–Crippen MR) is 69.4 cm³/mol. The van der Waals surface area contributed by atoms with Crippen molar-refractivity contribution in [1.82, 2.24) is 0 Å². The number of nitrogen functional groups attached to an aromatic ring is 1. The van der Waals surface area contributed by atoms with Gasteiger partial charge in [0.2, 0.25) is 0 Å². The Labute approximate surface area is 105 Å². The van der Waals surface area contributed by atoms with Crippen LogP contribution in [-0.4, -0.2) is 32.5 Å². The van der Waals surface area contributed by atoms with Gasteiger partial charge in [-0.2, -0.15) is 0 Å². The van der Waals surface area contributed by atoms with Gasteiger partial charge in [0.1, 0.15) is 0 Å². The maximum absolute atomic E-state index is 11.6. The SMILES string of the molecule is COCCCSc1c(N)cccc1C(=O)OC. The van der Waals surface area contributed by atoms with E-state index in [0.717, 1.165) is 17.1 Å². The highest BCUT2D eigenvalue weighted by molar-refractivity contribution is 7.99. The Morgan fingerprint density at radius 1 is 1.41 bits per heavy atom. The monoisotopic (exact) mass is 255 g/mol. The molecule has 2 N–H and O–H groups in total. The molecule has 1 aromatic rings. The lowest BCUT2D eigenvalue weighted by Crippen LogP contribution is -2.05. The molecule has 0 amide bonds. The van der Waals surface area contributed by atoms with Gasteiger partial charge in [0.15, 0.2) is 0 Å². The van der Waals surface area contributed by atoms with Crippen LogP contribution in [-0.2, 0) is 9.47 Å². The van der Waals surface area contributed by atoms with Crippen LogP contribution in [0.3, 0.4) is 0 Å².